The fraction of sp³-hybridized carbons (Fsp3) is 0.500. The van der Waals surface area contributed by atoms with E-state index in [1.807, 2.05) is 0 Å². The fourth-order valence-corrected chi connectivity index (χ4v) is 4.07. The summed E-state index contributed by atoms with van der Waals surface area (Å²) in [6.07, 6.45) is 0. The Morgan fingerprint density at radius 1 is 1.17 bits per heavy atom. The highest BCUT2D eigenvalue weighted by Gasteiger charge is 2.31. The van der Waals surface area contributed by atoms with Crippen molar-refractivity contribution < 1.29 is 18.1 Å². The van der Waals surface area contributed by atoms with Gasteiger partial charge < -0.3 is 4.90 Å². The average molecular weight is 341 g/mol. The molecule has 8 nitrogen and oxygen atoms in total. The number of sulfonamides is 1. The quantitative estimate of drug-likeness (QED) is 0.604. The van der Waals surface area contributed by atoms with Crippen LogP contribution >= 0.6 is 0 Å². The molecule has 1 amide bonds. The summed E-state index contributed by atoms with van der Waals surface area (Å²) in [6, 6.07) is 2.56. The van der Waals surface area contributed by atoms with Gasteiger partial charge in [0.25, 0.3) is 5.69 Å². The summed E-state index contributed by atoms with van der Waals surface area (Å²) >= 11 is 0. The zero-order valence-electron chi connectivity index (χ0n) is 13.3. The third-order valence-electron chi connectivity index (χ3n) is 4.13. The molecule has 1 saturated heterocycles. The first-order chi connectivity index (χ1) is 10.6. The molecule has 1 aliphatic heterocycles. The monoisotopic (exact) mass is 341 g/mol. The lowest BCUT2D eigenvalue weighted by atomic mass is 10.1. The number of nitro benzene ring substituents is 1. The van der Waals surface area contributed by atoms with Gasteiger partial charge in [-0.25, -0.2) is 8.42 Å². The van der Waals surface area contributed by atoms with E-state index >= 15 is 0 Å². The lowest BCUT2D eigenvalue weighted by Gasteiger charge is -2.33. The SMILES string of the molecule is CC(=O)N1CCN(S(=O)(=O)c2cc(C)c(C)c([N+](=O)[O-])c2)CC1. The molecule has 0 N–H and O–H groups in total. The molecule has 0 aliphatic carbocycles. The van der Waals surface area contributed by atoms with Gasteiger partial charge in [0.15, 0.2) is 0 Å². The molecule has 0 bridgehead atoms. The van der Waals surface area contributed by atoms with Crippen LogP contribution in [0, 0.1) is 24.0 Å². The van der Waals surface area contributed by atoms with E-state index in [9.17, 15) is 23.3 Å². The van der Waals surface area contributed by atoms with E-state index < -0.39 is 14.9 Å². The molecule has 1 aromatic carbocycles. The maximum absolute atomic E-state index is 12.7. The van der Waals surface area contributed by atoms with Gasteiger partial charge in [0, 0.05) is 44.7 Å². The first-order valence-corrected chi connectivity index (χ1v) is 8.60. The number of amides is 1. The lowest BCUT2D eigenvalue weighted by Crippen LogP contribution is -2.49. The third-order valence-corrected chi connectivity index (χ3v) is 6.01. The molecule has 0 radical (unpaired) electrons. The molecule has 1 fully saturated rings. The number of piperazine rings is 1. The van der Waals surface area contributed by atoms with Crippen molar-refractivity contribution >= 4 is 21.6 Å². The second-order valence-corrected chi connectivity index (χ2v) is 7.49. The van der Waals surface area contributed by atoms with Crippen LogP contribution in [-0.2, 0) is 14.8 Å². The Bertz CT molecular complexity index is 752. The topological polar surface area (TPSA) is 101 Å². The summed E-state index contributed by atoms with van der Waals surface area (Å²) in [5.41, 5.74) is 0.807. The number of benzene rings is 1. The summed E-state index contributed by atoms with van der Waals surface area (Å²) in [4.78, 5) is 23.3. The van der Waals surface area contributed by atoms with Crippen LogP contribution in [0.15, 0.2) is 17.0 Å². The second kappa shape index (κ2) is 6.25. The second-order valence-electron chi connectivity index (χ2n) is 5.55. The van der Waals surface area contributed by atoms with Crippen molar-refractivity contribution in [3.63, 3.8) is 0 Å². The summed E-state index contributed by atoms with van der Waals surface area (Å²) < 4.78 is 26.7. The zero-order valence-corrected chi connectivity index (χ0v) is 14.1. The molecule has 0 spiro atoms. The molecular formula is C14H19N3O5S. The van der Waals surface area contributed by atoms with Crippen molar-refractivity contribution in [3.8, 4) is 0 Å². The van der Waals surface area contributed by atoms with Crippen molar-refractivity contribution in [1.29, 1.82) is 0 Å². The molecule has 1 aromatic rings. The number of hydrogen-bond donors (Lipinski definition) is 0. The first kappa shape index (κ1) is 17.4. The molecule has 0 aromatic heterocycles. The van der Waals surface area contributed by atoms with Gasteiger partial charge in [-0.1, -0.05) is 0 Å². The maximum Gasteiger partial charge on any atom is 0.273 e. The van der Waals surface area contributed by atoms with Crippen LogP contribution in [0.25, 0.3) is 0 Å². The van der Waals surface area contributed by atoms with E-state index in [-0.39, 0.29) is 29.6 Å². The minimum Gasteiger partial charge on any atom is -0.340 e. The third kappa shape index (κ3) is 3.35. The van der Waals surface area contributed by atoms with Crippen LogP contribution in [0.1, 0.15) is 18.1 Å². The van der Waals surface area contributed by atoms with Crippen LogP contribution in [0.2, 0.25) is 0 Å². The molecule has 0 saturated carbocycles. The lowest BCUT2D eigenvalue weighted by molar-refractivity contribution is -0.385. The molecule has 126 valence electrons. The van der Waals surface area contributed by atoms with Crippen molar-refractivity contribution in [2.75, 3.05) is 26.2 Å². The van der Waals surface area contributed by atoms with Crippen molar-refractivity contribution in [3.05, 3.63) is 33.4 Å². The van der Waals surface area contributed by atoms with E-state index in [4.69, 9.17) is 0 Å². The van der Waals surface area contributed by atoms with Gasteiger partial charge in [-0.2, -0.15) is 4.31 Å². The predicted molar refractivity (Wildman–Crippen MR) is 83.6 cm³/mol. The van der Waals surface area contributed by atoms with Gasteiger partial charge >= 0.3 is 0 Å². The number of carbonyl (C=O) groups is 1. The van der Waals surface area contributed by atoms with Crippen LogP contribution in [0.3, 0.4) is 0 Å². The highest BCUT2D eigenvalue weighted by molar-refractivity contribution is 7.89. The van der Waals surface area contributed by atoms with Crippen LogP contribution < -0.4 is 0 Å². The molecule has 0 atom stereocenters. The Morgan fingerprint density at radius 3 is 2.22 bits per heavy atom. The van der Waals surface area contributed by atoms with Crippen molar-refractivity contribution in [1.82, 2.24) is 9.21 Å². The van der Waals surface area contributed by atoms with E-state index in [0.717, 1.165) is 6.07 Å². The summed E-state index contributed by atoms with van der Waals surface area (Å²) in [5.74, 6) is -0.0936. The standard InChI is InChI=1S/C14H19N3O5S/c1-10-8-13(9-14(11(10)2)17(19)20)23(21,22)16-6-4-15(5-7-16)12(3)18/h8-9H,4-7H2,1-3H3. The molecular weight excluding hydrogens is 322 g/mol. The van der Waals surface area contributed by atoms with Gasteiger partial charge in [0.1, 0.15) is 0 Å². The van der Waals surface area contributed by atoms with Crippen LogP contribution in [0.4, 0.5) is 5.69 Å². The molecule has 1 heterocycles. The number of hydrogen-bond acceptors (Lipinski definition) is 5. The number of carbonyl (C=O) groups excluding carboxylic acids is 1. The number of aryl methyl sites for hydroxylation is 1. The van der Waals surface area contributed by atoms with Gasteiger partial charge in [0.05, 0.1) is 9.82 Å². The average Bonchev–Trinajstić information content (AvgIpc) is 2.49. The van der Waals surface area contributed by atoms with Gasteiger partial charge in [-0.3, -0.25) is 14.9 Å². The van der Waals surface area contributed by atoms with Gasteiger partial charge in [0.2, 0.25) is 15.9 Å². The first-order valence-electron chi connectivity index (χ1n) is 7.16. The highest BCUT2D eigenvalue weighted by Crippen LogP contribution is 2.28. The van der Waals surface area contributed by atoms with Crippen LogP contribution in [-0.4, -0.2) is 54.6 Å². The smallest absolute Gasteiger partial charge is 0.273 e. The Morgan fingerprint density at radius 2 is 1.74 bits per heavy atom. The van der Waals surface area contributed by atoms with Gasteiger partial charge in [-0.05, 0) is 25.5 Å². The molecule has 23 heavy (non-hydrogen) atoms. The Labute approximate surface area is 134 Å². The summed E-state index contributed by atoms with van der Waals surface area (Å²) in [5, 5.41) is 11.1. The zero-order chi connectivity index (χ0) is 17.4. The van der Waals surface area contributed by atoms with Crippen molar-refractivity contribution in [2.45, 2.75) is 25.7 Å². The molecule has 0 unspecified atom stereocenters. The summed E-state index contributed by atoms with van der Waals surface area (Å²) in [6.45, 7) is 5.69. The number of nitrogens with zero attached hydrogens (tertiary/aromatic N) is 3. The van der Waals surface area contributed by atoms with E-state index in [1.54, 1.807) is 18.7 Å². The number of nitro groups is 1. The highest BCUT2D eigenvalue weighted by atomic mass is 32.2. The minimum atomic E-state index is -3.82. The molecule has 2 rings (SSSR count). The number of rotatable bonds is 3. The van der Waals surface area contributed by atoms with Crippen LogP contribution in [0.5, 0.6) is 0 Å². The predicted octanol–water partition coefficient (Wildman–Crippen LogP) is 1.06. The van der Waals surface area contributed by atoms with Gasteiger partial charge in [-0.15, -0.1) is 0 Å². The minimum absolute atomic E-state index is 0.0800. The normalized spacial score (nSPS) is 16.4. The van der Waals surface area contributed by atoms with Crippen molar-refractivity contribution in [2.24, 2.45) is 0 Å². The Kier molecular flexibility index (Phi) is 4.71. The maximum atomic E-state index is 12.7. The van der Waals surface area contributed by atoms with E-state index in [0.29, 0.717) is 24.2 Å². The molecule has 1 aliphatic rings. The summed E-state index contributed by atoms with van der Waals surface area (Å²) in [7, 11) is -3.82. The Hall–Kier alpha value is -2.00. The fourth-order valence-electron chi connectivity index (χ4n) is 2.54. The van der Waals surface area contributed by atoms with E-state index in [1.165, 1.54) is 17.3 Å². The van der Waals surface area contributed by atoms with E-state index in [2.05, 4.69) is 0 Å². The molecule has 9 heteroatoms. The largest absolute Gasteiger partial charge is 0.340 e. The Balaban J connectivity index is 2.34.